The van der Waals surface area contributed by atoms with Crippen LogP contribution in [-0.2, 0) is 10.5 Å². The van der Waals surface area contributed by atoms with Crippen LogP contribution in [0.1, 0.15) is 23.6 Å². The predicted molar refractivity (Wildman–Crippen MR) is 87.1 cm³/mol. The minimum absolute atomic E-state index is 0.704. The lowest BCUT2D eigenvalue weighted by Crippen LogP contribution is -2.38. The molecule has 0 saturated heterocycles. The van der Waals surface area contributed by atoms with Crippen LogP contribution < -0.4 is 9.47 Å². The van der Waals surface area contributed by atoms with Crippen LogP contribution in [0.25, 0.3) is 6.08 Å². The van der Waals surface area contributed by atoms with Crippen LogP contribution in [0, 0.1) is 6.92 Å². The number of ether oxygens (including phenoxy) is 3. The van der Waals surface area contributed by atoms with Gasteiger partial charge in [-0.1, -0.05) is 42.0 Å². The first kappa shape index (κ1) is 14.7. The molecule has 0 spiro atoms. The van der Waals surface area contributed by atoms with Crippen LogP contribution in [-0.4, -0.2) is 14.2 Å². The number of aryl methyl sites for hydroxylation is 1. The number of hydrogen-bond donors (Lipinski definition) is 0. The van der Waals surface area contributed by atoms with Crippen molar-refractivity contribution in [2.75, 3.05) is 14.2 Å². The zero-order valence-electron chi connectivity index (χ0n) is 13.3. The molecule has 1 atom stereocenters. The molecular weight excluding hydrogens is 276 g/mol. The van der Waals surface area contributed by atoms with E-state index in [4.69, 9.17) is 14.2 Å². The molecule has 3 nitrogen and oxygen atoms in total. The summed E-state index contributed by atoms with van der Waals surface area (Å²) in [6, 6.07) is 14.1. The molecule has 2 aromatic rings. The predicted octanol–water partition coefficient (Wildman–Crippen LogP) is 4.30. The standard InChI is InChI=1S/C19H20O3/c1-13-8-10-16(11-9-13)19(21-4)14(2)12-15-6-5-7-17(20-3)18(15)22-19/h5-12H,1-4H3. The summed E-state index contributed by atoms with van der Waals surface area (Å²) in [5.74, 6) is 0.489. The molecule has 0 radical (unpaired) electrons. The smallest absolute Gasteiger partial charge is 0.260 e. The van der Waals surface area contributed by atoms with Gasteiger partial charge in [-0.25, -0.2) is 0 Å². The van der Waals surface area contributed by atoms with Gasteiger partial charge in [-0.15, -0.1) is 0 Å². The lowest BCUT2D eigenvalue weighted by Gasteiger charge is -2.38. The average Bonchev–Trinajstić information content (AvgIpc) is 2.54. The molecule has 0 saturated carbocycles. The SMILES string of the molecule is COc1cccc2c1OC(OC)(c1ccc(C)cc1)C(C)=C2. The van der Waals surface area contributed by atoms with Crippen LogP contribution in [0.2, 0.25) is 0 Å². The number of fused-ring (bicyclic) bond motifs is 1. The fraction of sp³-hybridized carbons (Fsp3) is 0.263. The number of methoxy groups -OCH3 is 2. The maximum atomic E-state index is 6.31. The van der Waals surface area contributed by atoms with E-state index in [0.29, 0.717) is 11.5 Å². The molecule has 1 aliphatic rings. The fourth-order valence-corrected chi connectivity index (χ4v) is 2.85. The summed E-state index contributed by atoms with van der Waals surface area (Å²) >= 11 is 0. The summed E-state index contributed by atoms with van der Waals surface area (Å²) in [6.07, 6.45) is 2.09. The number of rotatable bonds is 3. The van der Waals surface area contributed by atoms with E-state index in [-0.39, 0.29) is 0 Å². The highest BCUT2D eigenvalue weighted by Gasteiger charge is 2.41. The van der Waals surface area contributed by atoms with E-state index in [9.17, 15) is 0 Å². The highest BCUT2D eigenvalue weighted by atomic mass is 16.7. The third-order valence-corrected chi connectivity index (χ3v) is 4.09. The van der Waals surface area contributed by atoms with Crippen molar-refractivity contribution in [3.05, 3.63) is 64.7 Å². The number of para-hydroxylation sites is 1. The minimum atomic E-state index is -0.921. The zero-order chi connectivity index (χ0) is 15.7. The molecule has 2 aromatic carbocycles. The lowest BCUT2D eigenvalue weighted by atomic mass is 9.93. The Morgan fingerprint density at radius 1 is 0.955 bits per heavy atom. The zero-order valence-corrected chi connectivity index (χ0v) is 13.3. The van der Waals surface area contributed by atoms with E-state index in [1.807, 2.05) is 37.3 Å². The summed E-state index contributed by atoms with van der Waals surface area (Å²) in [6.45, 7) is 4.08. The molecular formula is C19H20O3. The topological polar surface area (TPSA) is 27.7 Å². The highest BCUT2D eigenvalue weighted by molar-refractivity contribution is 5.68. The molecule has 0 fully saturated rings. The van der Waals surface area contributed by atoms with Gasteiger partial charge in [0.05, 0.1) is 7.11 Å². The Balaban J connectivity index is 2.16. The van der Waals surface area contributed by atoms with Gasteiger partial charge in [-0.3, -0.25) is 0 Å². The van der Waals surface area contributed by atoms with Crippen molar-refractivity contribution in [2.45, 2.75) is 19.6 Å². The first-order chi connectivity index (χ1) is 10.6. The van der Waals surface area contributed by atoms with Gasteiger partial charge in [-0.05, 0) is 26.0 Å². The van der Waals surface area contributed by atoms with Gasteiger partial charge < -0.3 is 14.2 Å². The van der Waals surface area contributed by atoms with E-state index in [1.54, 1.807) is 14.2 Å². The van der Waals surface area contributed by atoms with Gasteiger partial charge in [0, 0.05) is 23.8 Å². The Morgan fingerprint density at radius 3 is 2.32 bits per heavy atom. The van der Waals surface area contributed by atoms with Crippen molar-refractivity contribution >= 4 is 6.08 Å². The van der Waals surface area contributed by atoms with E-state index in [0.717, 1.165) is 16.7 Å². The second-order valence-electron chi connectivity index (χ2n) is 5.49. The van der Waals surface area contributed by atoms with E-state index in [2.05, 4.69) is 25.1 Å². The third-order valence-electron chi connectivity index (χ3n) is 4.09. The van der Waals surface area contributed by atoms with Gasteiger partial charge in [0.2, 0.25) is 0 Å². The molecule has 0 bridgehead atoms. The molecule has 0 aliphatic carbocycles. The molecule has 0 aromatic heterocycles. The minimum Gasteiger partial charge on any atom is -0.493 e. The Morgan fingerprint density at radius 2 is 1.68 bits per heavy atom. The Labute approximate surface area is 131 Å². The Kier molecular flexibility index (Phi) is 3.67. The van der Waals surface area contributed by atoms with Crippen LogP contribution >= 0.6 is 0 Å². The van der Waals surface area contributed by atoms with Crippen molar-refractivity contribution in [3.63, 3.8) is 0 Å². The molecule has 0 N–H and O–H groups in total. The summed E-state index contributed by atoms with van der Waals surface area (Å²) < 4.78 is 17.6. The molecule has 0 amide bonds. The van der Waals surface area contributed by atoms with Crippen LogP contribution in [0.4, 0.5) is 0 Å². The molecule has 3 rings (SSSR count). The quantitative estimate of drug-likeness (QED) is 0.845. The summed E-state index contributed by atoms with van der Waals surface area (Å²) in [5, 5.41) is 0. The summed E-state index contributed by atoms with van der Waals surface area (Å²) in [5.41, 5.74) is 4.16. The van der Waals surface area contributed by atoms with Gasteiger partial charge >= 0.3 is 0 Å². The van der Waals surface area contributed by atoms with E-state index in [1.165, 1.54) is 5.56 Å². The van der Waals surface area contributed by atoms with Crippen LogP contribution in [0.3, 0.4) is 0 Å². The molecule has 1 unspecified atom stereocenters. The molecule has 114 valence electrons. The van der Waals surface area contributed by atoms with Gasteiger partial charge in [0.1, 0.15) is 0 Å². The van der Waals surface area contributed by atoms with Crippen LogP contribution in [0.15, 0.2) is 48.0 Å². The van der Waals surface area contributed by atoms with Gasteiger partial charge in [0.15, 0.2) is 11.5 Å². The molecule has 22 heavy (non-hydrogen) atoms. The highest BCUT2D eigenvalue weighted by Crippen LogP contribution is 2.46. The van der Waals surface area contributed by atoms with Crippen molar-refractivity contribution < 1.29 is 14.2 Å². The van der Waals surface area contributed by atoms with Gasteiger partial charge in [0.25, 0.3) is 5.79 Å². The van der Waals surface area contributed by atoms with Crippen molar-refractivity contribution in [1.29, 1.82) is 0 Å². The maximum absolute atomic E-state index is 6.31. The first-order valence-corrected chi connectivity index (χ1v) is 7.28. The molecule has 1 heterocycles. The first-order valence-electron chi connectivity index (χ1n) is 7.28. The summed E-state index contributed by atoms with van der Waals surface area (Å²) in [4.78, 5) is 0. The van der Waals surface area contributed by atoms with E-state index >= 15 is 0 Å². The van der Waals surface area contributed by atoms with Gasteiger partial charge in [-0.2, -0.15) is 0 Å². The van der Waals surface area contributed by atoms with Crippen molar-refractivity contribution in [1.82, 2.24) is 0 Å². The van der Waals surface area contributed by atoms with E-state index < -0.39 is 5.79 Å². The number of hydrogen-bond acceptors (Lipinski definition) is 3. The Bertz CT molecular complexity index is 716. The lowest BCUT2D eigenvalue weighted by molar-refractivity contribution is -0.143. The van der Waals surface area contributed by atoms with Crippen molar-refractivity contribution in [2.24, 2.45) is 0 Å². The van der Waals surface area contributed by atoms with Crippen molar-refractivity contribution in [3.8, 4) is 11.5 Å². The number of benzene rings is 2. The monoisotopic (exact) mass is 296 g/mol. The molecule has 3 heteroatoms. The summed E-state index contributed by atoms with van der Waals surface area (Å²) in [7, 11) is 3.31. The van der Waals surface area contributed by atoms with Crippen LogP contribution in [0.5, 0.6) is 11.5 Å². The largest absolute Gasteiger partial charge is 0.493 e. The second-order valence-corrected chi connectivity index (χ2v) is 5.49. The Hall–Kier alpha value is -2.26. The second kappa shape index (κ2) is 5.50. The fourth-order valence-electron chi connectivity index (χ4n) is 2.85. The average molecular weight is 296 g/mol. The molecule has 1 aliphatic heterocycles. The normalized spacial score (nSPS) is 19.9. The third kappa shape index (κ3) is 2.18. The maximum Gasteiger partial charge on any atom is 0.260 e.